The second kappa shape index (κ2) is 12.3. The molecule has 0 aliphatic rings. The van der Waals surface area contributed by atoms with Gasteiger partial charge in [-0.1, -0.05) is 80.8 Å². The Hall–Kier alpha value is -3.26. The molecule has 0 N–H and O–H groups in total. The number of unbranched alkanes of at least 4 members (excludes halogenated alkanes) is 3. The summed E-state index contributed by atoms with van der Waals surface area (Å²) in [5.41, 5.74) is 7.84. The Kier molecular flexibility index (Phi) is 8.62. The van der Waals surface area contributed by atoms with E-state index in [0.29, 0.717) is 6.61 Å². The summed E-state index contributed by atoms with van der Waals surface area (Å²) in [5, 5.41) is 0. The van der Waals surface area contributed by atoms with E-state index in [-0.39, 0.29) is 0 Å². The highest BCUT2D eigenvalue weighted by Crippen LogP contribution is 2.26. The number of hydrogen-bond donors (Lipinski definition) is 0. The van der Waals surface area contributed by atoms with Gasteiger partial charge >= 0.3 is 0 Å². The standard InChI is InChI=1S/C32H37NO/c1-3-4-5-7-10-27-14-16-28(17-15-27)23-24-33-26(2)13-22-32(33)30-18-20-31(21-19-30)34-25-29-11-8-6-9-12-29/h6,8-9,11-22H,3-5,7,10,23-25H2,1-2H3. The smallest absolute Gasteiger partial charge is 0.119 e. The normalized spacial score (nSPS) is 11.0. The first-order valence-corrected chi connectivity index (χ1v) is 12.7. The van der Waals surface area contributed by atoms with Crippen LogP contribution in [0, 0.1) is 6.92 Å². The molecular weight excluding hydrogens is 414 g/mol. The van der Waals surface area contributed by atoms with Gasteiger partial charge in [0.2, 0.25) is 0 Å². The SMILES string of the molecule is CCCCCCc1ccc(CCn2c(C)ccc2-c2ccc(OCc3ccccc3)cc2)cc1. The van der Waals surface area contributed by atoms with Gasteiger partial charge in [-0.3, -0.25) is 0 Å². The van der Waals surface area contributed by atoms with Crippen molar-refractivity contribution < 1.29 is 4.74 Å². The van der Waals surface area contributed by atoms with E-state index in [1.165, 1.54) is 65.7 Å². The average molecular weight is 452 g/mol. The molecule has 3 aromatic carbocycles. The van der Waals surface area contributed by atoms with Crippen LogP contribution in [0.2, 0.25) is 0 Å². The first kappa shape index (κ1) is 23.9. The lowest BCUT2D eigenvalue weighted by molar-refractivity contribution is 0.306. The molecular formula is C32H37NO. The maximum Gasteiger partial charge on any atom is 0.119 e. The van der Waals surface area contributed by atoms with Crippen LogP contribution in [0.15, 0.2) is 91.0 Å². The molecule has 176 valence electrons. The van der Waals surface area contributed by atoms with Crippen LogP contribution in [0.4, 0.5) is 0 Å². The van der Waals surface area contributed by atoms with Crippen LogP contribution in [-0.4, -0.2) is 4.57 Å². The number of hydrogen-bond acceptors (Lipinski definition) is 1. The summed E-state index contributed by atoms with van der Waals surface area (Å²) in [6.07, 6.45) is 7.53. The van der Waals surface area contributed by atoms with Gasteiger partial charge in [0.1, 0.15) is 12.4 Å². The number of aromatic nitrogens is 1. The molecule has 2 heteroatoms. The van der Waals surface area contributed by atoms with Gasteiger partial charge in [0.05, 0.1) is 0 Å². The van der Waals surface area contributed by atoms with Gasteiger partial charge in [0, 0.05) is 17.9 Å². The van der Waals surface area contributed by atoms with E-state index in [0.717, 1.165) is 18.7 Å². The molecule has 0 radical (unpaired) electrons. The summed E-state index contributed by atoms with van der Waals surface area (Å²) in [5.74, 6) is 0.900. The van der Waals surface area contributed by atoms with Crippen LogP contribution in [0.25, 0.3) is 11.3 Å². The molecule has 2 nitrogen and oxygen atoms in total. The summed E-state index contributed by atoms with van der Waals surface area (Å²) >= 11 is 0. The fourth-order valence-electron chi connectivity index (χ4n) is 4.45. The molecule has 34 heavy (non-hydrogen) atoms. The maximum atomic E-state index is 5.96. The highest BCUT2D eigenvalue weighted by Gasteiger charge is 2.08. The molecule has 1 heterocycles. The Balaban J connectivity index is 1.34. The summed E-state index contributed by atoms with van der Waals surface area (Å²) in [7, 11) is 0. The Bertz CT molecular complexity index is 1120. The summed E-state index contributed by atoms with van der Waals surface area (Å²) < 4.78 is 8.39. The molecule has 0 aliphatic carbocycles. The molecule has 0 saturated carbocycles. The van der Waals surface area contributed by atoms with E-state index in [1.807, 2.05) is 18.2 Å². The quantitative estimate of drug-likeness (QED) is 0.197. The van der Waals surface area contributed by atoms with E-state index in [1.54, 1.807) is 0 Å². The second-order valence-corrected chi connectivity index (χ2v) is 9.19. The predicted octanol–water partition coefficient (Wildman–Crippen LogP) is 8.41. The molecule has 0 amide bonds. The Morgan fingerprint density at radius 2 is 1.35 bits per heavy atom. The lowest BCUT2D eigenvalue weighted by atomic mass is 10.0. The van der Waals surface area contributed by atoms with E-state index < -0.39 is 0 Å². The van der Waals surface area contributed by atoms with E-state index in [2.05, 4.69) is 91.2 Å². The Labute approximate surface area is 205 Å². The van der Waals surface area contributed by atoms with Gasteiger partial charge < -0.3 is 9.30 Å². The van der Waals surface area contributed by atoms with Crippen molar-refractivity contribution in [1.82, 2.24) is 4.57 Å². The van der Waals surface area contributed by atoms with Gasteiger partial charge in [0.25, 0.3) is 0 Å². The lowest BCUT2D eigenvalue weighted by Crippen LogP contribution is -2.05. The third-order valence-electron chi connectivity index (χ3n) is 6.56. The minimum atomic E-state index is 0.590. The fraction of sp³-hybridized carbons (Fsp3) is 0.312. The predicted molar refractivity (Wildman–Crippen MR) is 143 cm³/mol. The van der Waals surface area contributed by atoms with E-state index in [4.69, 9.17) is 4.74 Å². The molecule has 0 spiro atoms. The minimum Gasteiger partial charge on any atom is -0.489 e. The summed E-state index contributed by atoms with van der Waals surface area (Å²) in [6, 6.07) is 32.5. The van der Waals surface area contributed by atoms with Gasteiger partial charge in [-0.2, -0.15) is 0 Å². The molecule has 0 saturated heterocycles. The van der Waals surface area contributed by atoms with Gasteiger partial charge in [0.15, 0.2) is 0 Å². The van der Waals surface area contributed by atoms with Crippen molar-refractivity contribution >= 4 is 0 Å². The lowest BCUT2D eigenvalue weighted by Gasteiger charge is -2.13. The van der Waals surface area contributed by atoms with Crippen LogP contribution in [-0.2, 0) is 26.0 Å². The third-order valence-corrected chi connectivity index (χ3v) is 6.56. The van der Waals surface area contributed by atoms with Crippen LogP contribution in [0.1, 0.15) is 55.0 Å². The highest BCUT2D eigenvalue weighted by molar-refractivity contribution is 5.62. The fourth-order valence-corrected chi connectivity index (χ4v) is 4.45. The first-order chi connectivity index (χ1) is 16.7. The van der Waals surface area contributed by atoms with Crippen LogP contribution >= 0.6 is 0 Å². The van der Waals surface area contributed by atoms with E-state index in [9.17, 15) is 0 Å². The monoisotopic (exact) mass is 451 g/mol. The zero-order chi connectivity index (χ0) is 23.6. The van der Waals surface area contributed by atoms with Crippen LogP contribution < -0.4 is 4.74 Å². The van der Waals surface area contributed by atoms with Crippen molar-refractivity contribution in [3.8, 4) is 17.0 Å². The average Bonchev–Trinajstić information content (AvgIpc) is 3.26. The van der Waals surface area contributed by atoms with Crippen LogP contribution in [0.5, 0.6) is 5.75 Å². The van der Waals surface area contributed by atoms with Crippen molar-refractivity contribution in [3.05, 3.63) is 113 Å². The van der Waals surface area contributed by atoms with Crippen LogP contribution in [0.3, 0.4) is 0 Å². The van der Waals surface area contributed by atoms with Crippen molar-refractivity contribution in [2.24, 2.45) is 0 Å². The second-order valence-electron chi connectivity index (χ2n) is 9.19. The molecule has 1 aromatic heterocycles. The Morgan fingerprint density at radius 1 is 0.647 bits per heavy atom. The molecule has 0 fully saturated rings. The molecule has 0 unspecified atom stereocenters. The maximum absolute atomic E-state index is 5.96. The zero-order valence-electron chi connectivity index (χ0n) is 20.7. The summed E-state index contributed by atoms with van der Waals surface area (Å²) in [4.78, 5) is 0. The molecule has 0 atom stereocenters. The van der Waals surface area contributed by atoms with E-state index >= 15 is 0 Å². The number of nitrogens with zero attached hydrogens (tertiary/aromatic N) is 1. The molecule has 4 aromatic rings. The van der Waals surface area contributed by atoms with Crippen molar-refractivity contribution in [2.75, 3.05) is 0 Å². The number of rotatable bonds is 12. The topological polar surface area (TPSA) is 14.2 Å². The minimum absolute atomic E-state index is 0.590. The number of ether oxygens (including phenoxy) is 1. The van der Waals surface area contributed by atoms with Gasteiger partial charge in [-0.05, 0) is 84.8 Å². The first-order valence-electron chi connectivity index (χ1n) is 12.7. The highest BCUT2D eigenvalue weighted by atomic mass is 16.5. The number of benzene rings is 3. The molecule has 0 aliphatic heterocycles. The van der Waals surface area contributed by atoms with Gasteiger partial charge in [-0.25, -0.2) is 0 Å². The zero-order valence-corrected chi connectivity index (χ0v) is 20.7. The van der Waals surface area contributed by atoms with Gasteiger partial charge in [-0.15, -0.1) is 0 Å². The Morgan fingerprint density at radius 3 is 2.06 bits per heavy atom. The van der Waals surface area contributed by atoms with Crippen molar-refractivity contribution in [1.29, 1.82) is 0 Å². The van der Waals surface area contributed by atoms with Crippen molar-refractivity contribution in [2.45, 2.75) is 65.5 Å². The molecule has 0 bridgehead atoms. The summed E-state index contributed by atoms with van der Waals surface area (Å²) in [6.45, 7) is 6.03. The van der Waals surface area contributed by atoms with Crippen molar-refractivity contribution in [3.63, 3.8) is 0 Å². The largest absolute Gasteiger partial charge is 0.489 e. The third kappa shape index (κ3) is 6.63. The molecule has 4 rings (SSSR count). The number of aryl methyl sites for hydroxylation is 3.